The SMILES string of the molecule is O=C(O)COc1ccccc1/C=N\n1cnc2ccccc2c1=O. The van der Waals surface area contributed by atoms with Crippen LogP contribution >= 0.6 is 0 Å². The van der Waals surface area contributed by atoms with E-state index in [2.05, 4.69) is 10.1 Å². The number of aromatic nitrogens is 2. The summed E-state index contributed by atoms with van der Waals surface area (Å²) in [5, 5.41) is 13.3. The van der Waals surface area contributed by atoms with Crippen LogP contribution in [0.5, 0.6) is 5.75 Å². The molecule has 7 nitrogen and oxygen atoms in total. The zero-order valence-electron chi connectivity index (χ0n) is 12.5. The van der Waals surface area contributed by atoms with Crippen molar-refractivity contribution in [2.45, 2.75) is 0 Å². The highest BCUT2D eigenvalue weighted by Crippen LogP contribution is 2.15. The predicted octanol–water partition coefficient (Wildman–Crippen LogP) is 1.74. The zero-order chi connectivity index (χ0) is 16.9. The Labute approximate surface area is 136 Å². The van der Waals surface area contributed by atoms with Gasteiger partial charge in [0, 0.05) is 5.56 Å². The fraction of sp³-hybridized carbons (Fsp3) is 0.0588. The maximum Gasteiger partial charge on any atom is 0.341 e. The van der Waals surface area contributed by atoms with Crippen molar-refractivity contribution < 1.29 is 14.6 Å². The van der Waals surface area contributed by atoms with Crippen molar-refractivity contribution in [3.05, 3.63) is 70.8 Å². The first-order valence-electron chi connectivity index (χ1n) is 7.09. The molecular weight excluding hydrogens is 310 g/mol. The molecule has 1 heterocycles. The lowest BCUT2D eigenvalue weighted by molar-refractivity contribution is -0.139. The second kappa shape index (κ2) is 6.74. The number of hydrogen-bond acceptors (Lipinski definition) is 5. The number of carbonyl (C=O) groups is 1. The summed E-state index contributed by atoms with van der Waals surface area (Å²) in [5.41, 5.74) is 0.860. The monoisotopic (exact) mass is 323 g/mol. The van der Waals surface area contributed by atoms with Crippen molar-refractivity contribution in [1.82, 2.24) is 9.66 Å². The summed E-state index contributed by atoms with van der Waals surface area (Å²) in [6, 6.07) is 13.8. The average Bonchev–Trinajstić information content (AvgIpc) is 2.60. The largest absolute Gasteiger partial charge is 0.481 e. The van der Waals surface area contributed by atoms with E-state index in [1.807, 2.05) is 0 Å². The van der Waals surface area contributed by atoms with E-state index in [1.165, 1.54) is 12.5 Å². The van der Waals surface area contributed by atoms with Gasteiger partial charge in [0.2, 0.25) is 0 Å². The molecule has 0 saturated carbocycles. The lowest BCUT2D eigenvalue weighted by Crippen LogP contribution is -2.17. The van der Waals surface area contributed by atoms with E-state index in [0.29, 0.717) is 22.2 Å². The Kier molecular flexibility index (Phi) is 4.33. The molecule has 0 aliphatic rings. The Morgan fingerprint density at radius 1 is 1.21 bits per heavy atom. The van der Waals surface area contributed by atoms with E-state index in [9.17, 15) is 9.59 Å². The number of fused-ring (bicyclic) bond motifs is 1. The summed E-state index contributed by atoms with van der Waals surface area (Å²) in [4.78, 5) is 27.1. The Morgan fingerprint density at radius 2 is 1.96 bits per heavy atom. The number of ether oxygens (including phenoxy) is 1. The maximum absolute atomic E-state index is 12.3. The van der Waals surface area contributed by atoms with Gasteiger partial charge in [0.15, 0.2) is 6.61 Å². The molecule has 120 valence electrons. The molecule has 0 spiro atoms. The second-order valence-electron chi connectivity index (χ2n) is 4.88. The Bertz CT molecular complexity index is 979. The van der Waals surface area contributed by atoms with Gasteiger partial charge in [0.1, 0.15) is 12.1 Å². The van der Waals surface area contributed by atoms with Crippen LogP contribution in [0.1, 0.15) is 5.56 Å². The standard InChI is InChI=1S/C17H13N3O4/c21-16(22)10-24-15-8-4-1-5-12(15)9-19-20-11-18-14-7-3-2-6-13(14)17(20)23/h1-9,11H,10H2,(H,21,22)/b19-9-. The molecule has 7 heteroatoms. The van der Waals surface area contributed by atoms with Gasteiger partial charge in [0.25, 0.3) is 5.56 Å². The normalized spacial score (nSPS) is 11.0. The minimum Gasteiger partial charge on any atom is -0.481 e. The van der Waals surface area contributed by atoms with Crippen molar-refractivity contribution >= 4 is 23.1 Å². The predicted molar refractivity (Wildman–Crippen MR) is 88.6 cm³/mol. The molecular formula is C17H13N3O4. The van der Waals surface area contributed by atoms with E-state index in [4.69, 9.17) is 9.84 Å². The van der Waals surface area contributed by atoms with E-state index in [-0.39, 0.29) is 5.56 Å². The van der Waals surface area contributed by atoms with Gasteiger partial charge in [-0.3, -0.25) is 4.79 Å². The summed E-state index contributed by atoms with van der Waals surface area (Å²) in [7, 11) is 0. The number of nitrogens with zero attached hydrogens (tertiary/aromatic N) is 3. The highest BCUT2D eigenvalue weighted by molar-refractivity contribution is 5.84. The number of aliphatic carboxylic acids is 1. The smallest absolute Gasteiger partial charge is 0.341 e. The molecule has 3 aromatic rings. The number of rotatable bonds is 5. The number of carboxylic acid groups (broad SMARTS) is 1. The topological polar surface area (TPSA) is 93.8 Å². The lowest BCUT2D eigenvalue weighted by atomic mass is 10.2. The van der Waals surface area contributed by atoms with Crippen LogP contribution in [0.25, 0.3) is 10.9 Å². The van der Waals surface area contributed by atoms with Gasteiger partial charge in [-0.2, -0.15) is 9.78 Å². The summed E-state index contributed by atoms with van der Waals surface area (Å²) in [6.07, 6.45) is 2.76. The van der Waals surface area contributed by atoms with Crippen LogP contribution in [0, 0.1) is 0 Å². The van der Waals surface area contributed by atoms with Gasteiger partial charge in [-0.25, -0.2) is 9.78 Å². The van der Waals surface area contributed by atoms with Crippen molar-refractivity contribution in [3.8, 4) is 5.75 Å². The van der Waals surface area contributed by atoms with Crippen LogP contribution in [0.15, 0.2) is 64.8 Å². The Balaban J connectivity index is 1.93. The van der Waals surface area contributed by atoms with E-state index in [1.54, 1.807) is 48.5 Å². The molecule has 24 heavy (non-hydrogen) atoms. The third kappa shape index (κ3) is 3.30. The number of benzene rings is 2. The van der Waals surface area contributed by atoms with Gasteiger partial charge in [-0.1, -0.05) is 24.3 Å². The molecule has 1 aromatic heterocycles. The van der Waals surface area contributed by atoms with Crippen LogP contribution in [0.3, 0.4) is 0 Å². The summed E-state index contributed by atoms with van der Waals surface area (Å²) < 4.78 is 6.32. The molecule has 0 aliphatic carbocycles. The fourth-order valence-electron chi connectivity index (χ4n) is 2.12. The molecule has 0 radical (unpaired) electrons. The fourth-order valence-corrected chi connectivity index (χ4v) is 2.12. The molecule has 1 N–H and O–H groups in total. The number of hydrogen-bond donors (Lipinski definition) is 1. The van der Waals surface area contributed by atoms with E-state index < -0.39 is 12.6 Å². The molecule has 0 aliphatic heterocycles. The molecule has 0 fully saturated rings. The van der Waals surface area contributed by atoms with E-state index in [0.717, 1.165) is 4.68 Å². The van der Waals surface area contributed by atoms with Crippen LogP contribution in [-0.2, 0) is 4.79 Å². The quantitative estimate of drug-likeness (QED) is 0.722. The molecule has 0 unspecified atom stereocenters. The average molecular weight is 323 g/mol. The number of carboxylic acids is 1. The first kappa shape index (κ1) is 15.4. The summed E-state index contributed by atoms with van der Waals surface area (Å²) >= 11 is 0. The summed E-state index contributed by atoms with van der Waals surface area (Å²) in [6.45, 7) is -0.456. The first-order chi connectivity index (χ1) is 11.6. The van der Waals surface area contributed by atoms with Crippen LogP contribution < -0.4 is 10.3 Å². The van der Waals surface area contributed by atoms with Crippen LogP contribution in [0.4, 0.5) is 0 Å². The minimum absolute atomic E-state index is 0.291. The minimum atomic E-state index is -1.07. The third-order valence-corrected chi connectivity index (χ3v) is 3.24. The number of para-hydroxylation sites is 2. The lowest BCUT2D eigenvalue weighted by Gasteiger charge is -2.06. The van der Waals surface area contributed by atoms with Crippen molar-refractivity contribution in [2.75, 3.05) is 6.61 Å². The second-order valence-corrected chi connectivity index (χ2v) is 4.88. The Hall–Kier alpha value is -3.48. The molecule has 2 aromatic carbocycles. The molecule has 0 saturated heterocycles. The molecule has 3 rings (SSSR count). The zero-order valence-corrected chi connectivity index (χ0v) is 12.5. The molecule has 0 amide bonds. The summed E-state index contributed by atoms with van der Waals surface area (Å²) in [5.74, 6) is -0.706. The van der Waals surface area contributed by atoms with Gasteiger partial charge in [0.05, 0.1) is 17.1 Å². The third-order valence-electron chi connectivity index (χ3n) is 3.24. The van der Waals surface area contributed by atoms with E-state index >= 15 is 0 Å². The van der Waals surface area contributed by atoms with Gasteiger partial charge >= 0.3 is 5.97 Å². The van der Waals surface area contributed by atoms with Gasteiger partial charge in [-0.05, 0) is 24.3 Å². The Morgan fingerprint density at radius 3 is 2.79 bits per heavy atom. The van der Waals surface area contributed by atoms with Crippen molar-refractivity contribution in [2.24, 2.45) is 5.10 Å². The molecule has 0 bridgehead atoms. The first-order valence-corrected chi connectivity index (χ1v) is 7.09. The highest BCUT2D eigenvalue weighted by atomic mass is 16.5. The van der Waals surface area contributed by atoms with Crippen molar-refractivity contribution in [3.63, 3.8) is 0 Å². The maximum atomic E-state index is 12.3. The van der Waals surface area contributed by atoms with Gasteiger partial charge in [-0.15, -0.1) is 0 Å². The van der Waals surface area contributed by atoms with Crippen LogP contribution in [-0.4, -0.2) is 33.6 Å². The van der Waals surface area contributed by atoms with Crippen molar-refractivity contribution in [1.29, 1.82) is 0 Å². The van der Waals surface area contributed by atoms with Gasteiger partial charge < -0.3 is 9.84 Å². The highest BCUT2D eigenvalue weighted by Gasteiger charge is 2.05. The molecule has 0 atom stereocenters. The van der Waals surface area contributed by atoms with Crippen LogP contribution in [0.2, 0.25) is 0 Å².